The fourth-order valence-electron chi connectivity index (χ4n) is 3.09. The molecule has 7 heteroatoms. The summed E-state index contributed by atoms with van der Waals surface area (Å²) in [5.41, 5.74) is 0.577. The number of nitrogens with zero attached hydrogens (tertiary/aromatic N) is 1. The lowest BCUT2D eigenvalue weighted by Crippen LogP contribution is -2.49. The van der Waals surface area contributed by atoms with Crippen molar-refractivity contribution in [1.29, 1.82) is 0 Å². The summed E-state index contributed by atoms with van der Waals surface area (Å²) in [5, 5.41) is 5.57. The average molecular weight is 349 g/mol. The van der Waals surface area contributed by atoms with Crippen LogP contribution in [0.15, 0.2) is 18.2 Å². The SMILES string of the molecule is CNC(=O)C1CCCCN1CCC(=O)Nc1cc(OC)ccc1OC. The van der Waals surface area contributed by atoms with Gasteiger partial charge in [0.15, 0.2) is 0 Å². The number of likely N-dealkylation sites (tertiary alicyclic amines) is 1. The molecule has 2 rings (SSSR count). The van der Waals surface area contributed by atoms with Crippen molar-refractivity contribution in [1.82, 2.24) is 10.2 Å². The van der Waals surface area contributed by atoms with Gasteiger partial charge in [0.05, 0.1) is 25.9 Å². The van der Waals surface area contributed by atoms with E-state index in [4.69, 9.17) is 9.47 Å². The lowest BCUT2D eigenvalue weighted by Gasteiger charge is -2.34. The highest BCUT2D eigenvalue weighted by Crippen LogP contribution is 2.29. The number of amides is 2. The van der Waals surface area contributed by atoms with Gasteiger partial charge >= 0.3 is 0 Å². The van der Waals surface area contributed by atoms with Gasteiger partial charge in [-0.15, -0.1) is 0 Å². The van der Waals surface area contributed by atoms with Crippen LogP contribution >= 0.6 is 0 Å². The first-order valence-electron chi connectivity index (χ1n) is 8.56. The molecule has 0 bridgehead atoms. The van der Waals surface area contributed by atoms with Crippen LogP contribution in [0.2, 0.25) is 0 Å². The van der Waals surface area contributed by atoms with Crippen molar-refractivity contribution < 1.29 is 19.1 Å². The Labute approximate surface area is 148 Å². The second kappa shape index (κ2) is 9.27. The van der Waals surface area contributed by atoms with E-state index in [9.17, 15) is 9.59 Å². The molecule has 1 heterocycles. The molecular weight excluding hydrogens is 322 g/mol. The second-order valence-corrected chi connectivity index (χ2v) is 6.03. The van der Waals surface area contributed by atoms with Crippen LogP contribution in [0.3, 0.4) is 0 Å². The van der Waals surface area contributed by atoms with Crippen molar-refractivity contribution in [2.24, 2.45) is 0 Å². The van der Waals surface area contributed by atoms with E-state index in [2.05, 4.69) is 15.5 Å². The van der Waals surface area contributed by atoms with Crippen molar-refractivity contribution in [2.45, 2.75) is 31.7 Å². The Morgan fingerprint density at radius 2 is 2.04 bits per heavy atom. The van der Waals surface area contributed by atoms with Crippen molar-refractivity contribution in [2.75, 3.05) is 39.7 Å². The number of likely N-dealkylation sites (N-methyl/N-ethyl adjacent to an activating group) is 1. The molecule has 0 aromatic heterocycles. The van der Waals surface area contributed by atoms with E-state index >= 15 is 0 Å². The minimum atomic E-state index is -0.141. The van der Waals surface area contributed by atoms with E-state index in [1.54, 1.807) is 39.5 Å². The van der Waals surface area contributed by atoms with E-state index in [-0.39, 0.29) is 17.9 Å². The summed E-state index contributed by atoms with van der Waals surface area (Å²) in [7, 11) is 4.78. The van der Waals surface area contributed by atoms with Crippen LogP contribution in [0.5, 0.6) is 11.5 Å². The number of piperidine rings is 1. The molecule has 2 amide bonds. The Balaban J connectivity index is 1.95. The predicted octanol–water partition coefficient (Wildman–Crippen LogP) is 1.63. The molecule has 7 nitrogen and oxygen atoms in total. The molecule has 0 saturated carbocycles. The molecule has 1 aliphatic heterocycles. The van der Waals surface area contributed by atoms with Crippen LogP contribution in [0.25, 0.3) is 0 Å². The molecule has 1 aliphatic rings. The first-order valence-corrected chi connectivity index (χ1v) is 8.56. The minimum absolute atomic E-state index is 0.0228. The van der Waals surface area contributed by atoms with Crippen molar-refractivity contribution in [3.63, 3.8) is 0 Å². The number of benzene rings is 1. The lowest BCUT2D eigenvalue weighted by atomic mass is 10.0. The standard InChI is InChI=1S/C18H27N3O4/c1-19-18(23)15-6-4-5-10-21(15)11-9-17(22)20-14-12-13(24-2)7-8-16(14)25-3/h7-8,12,15H,4-6,9-11H2,1-3H3,(H,19,23)(H,20,22). The zero-order valence-corrected chi connectivity index (χ0v) is 15.1. The largest absolute Gasteiger partial charge is 0.497 e. The molecule has 0 radical (unpaired) electrons. The Morgan fingerprint density at radius 3 is 2.72 bits per heavy atom. The molecule has 0 aliphatic carbocycles. The zero-order chi connectivity index (χ0) is 18.2. The van der Waals surface area contributed by atoms with Gasteiger partial charge in [0.2, 0.25) is 11.8 Å². The van der Waals surface area contributed by atoms with E-state index in [0.29, 0.717) is 30.2 Å². The first-order chi connectivity index (χ1) is 12.1. The molecule has 1 unspecified atom stereocenters. The smallest absolute Gasteiger partial charge is 0.237 e. The maximum atomic E-state index is 12.3. The average Bonchev–Trinajstić information content (AvgIpc) is 2.65. The van der Waals surface area contributed by atoms with Crippen LogP contribution in [-0.4, -0.2) is 57.1 Å². The fourth-order valence-corrected chi connectivity index (χ4v) is 3.09. The van der Waals surface area contributed by atoms with Gasteiger partial charge in [0, 0.05) is 26.1 Å². The molecule has 1 atom stereocenters. The number of anilines is 1. The third-order valence-corrected chi connectivity index (χ3v) is 4.47. The summed E-state index contributed by atoms with van der Waals surface area (Å²) in [6, 6.07) is 5.11. The van der Waals surface area contributed by atoms with Crippen LogP contribution in [0.1, 0.15) is 25.7 Å². The maximum Gasteiger partial charge on any atom is 0.237 e. The van der Waals surface area contributed by atoms with E-state index in [1.807, 2.05) is 0 Å². The number of carbonyl (C=O) groups excluding carboxylic acids is 2. The summed E-state index contributed by atoms with van der Waals surface area (Å²) in [6.07, 6.45) is 3.25. The third-order valence-electron chi connectivity index (χ3n) is 4.47. The summed E-state index contributed by atoms with van der Waals surface area (Å²) in [5.74, 6) is 1.13. The Hall–Kier alpha value is -2.28. The van der Waals surface area contributed by atoms with Crippen LogP contribution in [0, 0.1) is 0 Å². The zero-order valence-electron chi connectivity index (χ0n) is 15.1. The van der Waals surface area contributed by atoms with Gasteiger partial charge in [-0.2, -0.15) is 0 Å². The number of methoxy groups -OCH3 is 2. The quantitative estimate of drug-likeness (QED) is 0.782. The topological polar surface area (TPSA) is 79.9 Å². The molecule has 0 spiro atoms. The predicted molar refractivity (Wildman–Crippen MR) is 96.1 cm³/mol. The van der Waals surface area contributed by atoms with E-state index in [0.717, 1.165) is 25.8 Å². The number of carbonyl (C=O) groups is 2. The Morgan fingerprint density at radius 1 is 1.24 bits per heavy atom. The molecule has 1 aromatic rings. The number of hydrogen-bond donors (Lipinski definition) is 2. The third kappa shape index (κ3) is 5.09. The van der Waals surface area contributed by atoms with Gasteiger partial charge in [-0.1, -0.05) is 6.42 Å². The number of rotatable bonds is 7. The molecule has 138 valence electrons. The van der Waals surface area contributed by atoms with Gasteiger partial charge in [-0.3, -0.25) is 14.5 Å². The number of ether oxygens (including phenoxy) is 2. The van der Waals surface area contributed by atoms with Gasteiger partial charge in [-0.05, 0) is 31.5 Å². The number of nitrogens with one attached hydrogen (secondary N) is 2. The Bertz CT molecular complexity index is 606. The Kier molecular flexibility index (Phi) is 7.06. The van der Waals surface area contributed by atoms with Crippen LogP contribution in [-0.2, 0) is 9.59 Å². The van der Waals surface area contributed by atoms with Gasteiger partial charge < -0.3 is 20.1 Å². The second-order valence-electron chi connectivity index (χ2n) is 6.03. The van der Waals surface area contributed by atoms with Crippen LogP contribution in [0.4, 0.5) is 5.69 Å². The summed E-state index contributed by atoms with van der Waals surface area (Å²) < 4.78 is 10.5. The van der Waals surface area contributed by atoms with Crippen LogP contribution < -0.4 is 20.1 Å². The summed E-state index contributed by atoms with van der Waals surface area (Å²) in [4.78, 5) is 26.4. The monoisotopic (exact) mass is 349 g/mol. The van der Waals surface area contributed by atoms with Crippen molar-refractivity contribution >= 4 is 17.5 Å². The molecule has 1 fully saturated rings. The molecule has 25 heavy (non-hydrogen) atoms. The minimum Gasteiger partial charge on any atom is -0.497 e. The highest BCUT2D eigenvalue weighted by Gasteiger charge is 2.28. The van der Waals surface area contributed by atoms with E-state index in [1.165, 1.54) is 0 Å². The number of hydrogen-bond acceptors (Lipinski definition) is 5. The molecule has 1 saturated heterocycles. The fraction of sp³-hybridized carbons (Fsp3) is 0.556. The highest BCUT2D eigenvalue weighted by atomic mass is 16.5. The summed E-state index contributed by atoms with van der Waals surface area (Å²) in [6.45, 7) is 1.39. The maximum absolute atomic E-state index is 12.3. The van der Waals surface area contributed by atoms with Crippen molar-refractivity contribution in [3.05, 3.63) is 18.2 Å². The van der Waals surface area contributed by atoms with E-state index < -0.39 is 0 Å². The summed E-state index contributed by atoms with van der Waals surface area (Å²) >= 11 is 0. The van der Waals surface area contributed by atoms with Gasteiger partial charge in [0.1, 0.15) is 11.5 Å². The molecular formula is C18H27N3O4. The van der Waals surface area contributed by atoms with Gasteiger partial charge in [-0.25, -0.2) is 0 Å². The first kappa shape index (κ1) is 19.1. The molecule has 1 aromatic carbocycles. The van der Waals surface area contributed by atoms with Gasteiger partial charge in [0.25, 0.3) is 0 Å². The van der Waals surface area contributed by atoms with Crippen molar-refractivity contribution in [3.8, 4) is 11.5 Å². The molecule has 2 N–H and O–H groups in total. The highest BCUT2D eigenvalue weighted by molar-refractivity contribution is 5.92. The lowest BCUT2D eigenvalue weighted by molar-refractivity contribution is -0.128. The normalized spacial score (nSPS) is 17.6.